The van der Waals surface area contributed by atoms with Crippen molar-refractivity contribution in [3.05, 3.63) is 90.5 Å². The highest BCUT2D eigenvalue weighted by molar-refractivity contribution is 6.09. The molecule has 1 saturated heterocycles. The zero-order valence-corrected chi connectivity index (χ0v) is 19.8. The Morgan fingerprint density at radius 2 is 1.32 bits per heavy atom. The van der Waals surface area contributed by atoms with Crippen molar-refractivity contribution in [2.75, 3.05) is 0 Å². The molecule has 0 N–H and O–H groups in total. The van der Waals surface area contributed by atoms with Crippen molar-refractivity contribution in [2.45, 2.75) is 45.2 Å². The van der Waals surface area contributed by atoms with E-state index in [9.17, 15) is 0 Å². The normalized spacial score (nSPS) is 17.5. The number of fused-ring (bicyclic) bond motifs is 3. The standard InChI is InChI=1S/C30H27NO3/c1-29(2)30(3,4)34-28(33-29)21-16-14-19(15-17-21)24-18-23-22-12-8-9-13-25(22)32-27(23)26(31-24)20-10-6-5-7-11-20/h5-18,28H,1-4H3. The van der Waals surface area contributed by atoms with Gasteiger partial charge in [0.05, 0.1) is 16.9 Å². The minimum Gasteiger partial charge on any atom is -0.454 e. The summed E-state index contributed by atoms with van der Waals surface area (Å²) in [6.07, 6.45) is -0.382. The van der Waals surface area contributed by atoms with Gasteiger partial charge in [0.1, 0.15) is 11.3 Å². The third-order valence-corrected chi connectivity index (χ3v) is 7.14. The largest absolute Gasteiger partial charge is 0.454 e. The molecule has 3 aromatic carbocycles. The quantitative estimate of drug-likeness (QED) is 0.281. The van der Waals surface area contributed by atoms with Crippen molar-refractivity contribution < 1.29 is 13.9 Å². The summed E-state index contributed by atoms with van der Waals surface area (Å²) in [6, 6.07) is 28.8. The van der Waals surface area contributed by atoms with Gasteiger partial charge in [0.25, 0.3) is 0 Å². The zero-order chi connectivity index (χ0) is 23.5. The van der Waals surface area contributed by atoms with Gasteiger partial charge in [-0.2, -0.15) is 0 Å². The van der Waals surface area contributed by atoms with Gasteiger partial charge in [-0.15, -0.1) is 0 Å². The lowest BCUT2D eigenvalue weighted by Gasteiger charge is -2.30. The molecule has 0 amide bonds. The van der Waals surface area contributed by atoms with Crippen molar-refractivity contribution in [2.24, 2.45) is 0 Å². The monoisotopic (exact) mass is 449 g/mol. The highest BCUT2D eigenvalue weighted by Crippen LogP contribution is 2.45. The maximum absolute atomic E-state index is 6.26. The molecule has 0 atom stereocenters. The number of aromatic nitrogens is 1. The summed E-state index contributed by atoms with van der Waals surface area (Å²) in [7, 11) is 0. The Hall–Kier alpha value is -3.47. The minimum atomic E-state index is -0.382. The summed E-state index contributed by atoms with van der Waals surface area (Å²) in [4.78, 5) is 5.05. The molecular weight excluding hydrogens is 422 g/mol. The van der Waals surface area contributed by atoms with Gasteiger partial charge < -0.3 is 13.9 Å². The second kappa shape index (κ2) is 7.52. The van der Waals surface area contributed by atoms with E-state index in [1.165, 1.54) is 0 Å². The second-order valence-corrected chi connectivity index (χ2v) is 9.91. The SMILES string of the molecule is CC1(C)OC(c2ccc(-c3cc4c(oc5ccccc54)c(-c4ccccc4)n3)cc2)OC1(C)C. The molecule has 6 rings (SSSR count). The van der Waals surface area contributed by atoms with Crippen molar-refractivity contribution in [3.8, 4) is 22.5 Å². The Morgan fingerprint density at radius 1 is 0.676 bits per heavy atom. The van der Waals surface area contributed by atoms with Crippen LogP contribution < -0.4 is 0 Å². The van der Waals surface area contributed by atoms with Crippen LogP contribution in [0.2, 0.25) is 0 Å². The molecular formula is C30H27NO3. The summed E-state index contributed by atoms with van der Waals surface area (Å²) in [5.41, 5.74) is 5.76. The van der Waals surface area contributed by atoms with Gasteiger partial charge in [-0.05, 0) is 39.8 Å². The molecule has 0 spiro atoms. The van der Waals surface area contributed by atoms with E-state index in [2.05, 4.69) is 76.2 Å². The molecule has 170 valence electrons. The van der Waals surface area contributed by atoms with E-state index in [0.29, 0.717) is 0 Å². The minimum absolute atomic E-state index is 0.365. The van der Waals surface area contributed by atoms with Gasteiger partial charge in [-0.3, -0.25) is 0 Å². The van der Waals surface area contributed by atoms with Gasteiger partial charge in [0.15, 0.2) is 11.9 Å². The highest BCUT2D eigenvalue weighted by atomic mass is 16.7. The highest BCUT2D eigenvalue weighted by Gasteiger charge is 2.49. The molecule has 2 aromatic heterocycles. The number of nitrogens with zero attached hydrogens (tertiary/aromatic N) is 1. The Bertz CT molecular complexity index is 1480. The number of para-hydroxylation sites is 1. The van der Waals surface area contributed by atoms with Crippen molar-refractivity contribution >= 4 is 21.9 Å². The fraction of sp³-hybridized carbons (Fsp3) is 0.233. The Balaban J connectivity index is 1.46. The van der Waals surface area contributed by atoms with Crippen LogP contribution in [-0.2, 0) is 9.47 Å². The van der Waals surface area contributed by atoms with Crippen LogP contribution >= 0.6 is 0 Å². The van der Waals surface area contributed by atoms with Gasteiger partial charge in [-0.1, -0.05) is 72.8 Å². The number of benzene rings is 3. The van der Waals surface area contributed by atoms with Crippen LogP contribution in [0.4, 0.5) is 0 Å². The first-order valence-corrected chi connectivity index (χ1v) is 11.7. The van der Waals surface area contributed by atoms with E-state index >= 15 is 0 Å². The average Bonchev–Trinajstić information content (AvgIpc) is 3.32. The van der Waals surface area contributed by atoms with Gasteiger partial charge in [0.2, 0.25) is 0 Å². The number of hydrogen-bond acceptors (Lipinski definition) is 4. The average molecular weight is 450 g/mol. The fourth-order valence-corrected chi connectivity index (χ4v) is 4.45. The lowest BCUT2D eigenvalue weighted by molar-refractivity contribution is -0.0895. The van der Waals surface area contributed by atoms with E-state index in [1.54, 1.807) is 0 Å². The molecule has 5 aromatic rings. The van der Waals surface area contributed by atoms with E-state index in [1.807, 2.05) is 36.4 Å². The van der Waals surface area contributed by atoms with Gasteiger partial charge >= 0.3 is 0 Å². The van der Waals surface area contributed by atoms with Crippen molar-refractivity contribution in [1.82, 2.24) is 4.98 Å². The van der Waals surface area contributed by atoms with E-state index in [0.717, 1.165) is 50.0 Å². The summed E-state index contributed by atoms with van der Waals surface area (Å²) < 4.78 is 18.7. The molecule has 1 aliphatic heterocycles. The first-order chi connectivity index (χ1) is 16.3. The van der Waals surface area contributed by atoms with Crippen LogP contribution in [0, 0.1) is 0 Å². The van der Waals surface area contributed by atoms with Crippen LogP contribution in [0.15, 0.2) is 89.3 Å². The summed E-state index contributed by atoms with van der Waals surface area (Å²) in [6.45, 7) is 8.28. The second-order valence-electron chi connectivity index (χ2n) is 9.91. The van der Waals surface area contributed by atoms with Crippen LogP contribution in [-0.4, -0.2) is 16.2 Å². The van der Waals surface area contributed by atoms with Crippen molar-refractivity contribution in [1.29, 1.82) is 0 Å². The third-order valence-electron chi connectivity index (χ3n) is 7.14. The molecule has 4 nitrogen and oxygen atoms in total. The zero-order valence-electron chi connectivity index (χ0n) is 19.8. The summed E-state index contributed by atoms with van der Waals surface area (Å²) in [5.74, 6) is 0. The predicted octanol–water partition coefficient (Wildman–Crippen LogP) is 7.92. The molecule has 0 saturated carbocycles. The number of pyridine rings is 1. The molecule has 4 heteroatoms. The molecule has 0 bridgehead atoms. The molecule has 1 fully saturated rings. The Labute approximate surface area is 199 Å². The van der Waals surface area contributed by atoms with E-state index < -0.39 is 0 Å². The first-order valence-electron chi connectivity index (χ1n) is 11.7. The lowest BCUT2D eigenvalue weighted by atomic mass is 9.90. The van der Waals surface area contributed by atoms with Crippen LogP contribution in [0.3, 0.4) is 0 Å². The smallest absolute Gasteiger partial charge is 0.185 e. The third kappa shape index (κ3) is 3.33. The maximum Gasteiger partial charge on any atom is 0.185 e. The summed E-state index contributed by atoms with van der Waals surface area (Å²) >= 11 is 0. The van der Waals surface area contributed by atoms with Crippen LogP contribution in [0.25, 0.3) is 44.5 Å². The Morgan fingerprint density at radius 3 is 2.03 bits per heavy atom. The fourth-order valence-electron chi connectivity index (χ4n) is 4.45. The first kappa shape index (κ1) is 21.1. The topological polar surface area (TPSA) is 44.5 Å². The van der Waals surface area contributed by atoms with Crippen LogP contribution in [0.5, 0.6) is 0 Å². The van der Waals surface area contributed by atoms with Crippen molar-refractivity contribution in [3.63, 3.8) is 0 Å². The molecule has 0 aliphatic carbocycles. The van der Waals surface area contributed by atoms with E-state index in [4.69, 9.17) is 18.9 Å². The van der Waals surface area contributed by atoms with Gasteiger partial charge in [-0.25, -0.2) is 4.98 Å². The molecule has 34 heavy (non-hydrogen) atoms. The van der Waals surface area contributed by atoms with E-state index in [-0.39, 0.29) is 17.5 Å². The molecule has 3 heterocycles. The molecule has 0 unspecified atom stereocenters. The number of rotatable bonds is 3. The van der Waals surface area contributed by atoms with Crippen LogP contribution in [0.1, 0.15) is 39.5 Å². The maximum atomic E-state index is 6.26. The summed E-state index contributed by atoms with van der Waals surface area (Å²) in [5, 5.41) is 2.15. The molecule has 0 radical (unpaired) electrons. The number of hydrogen-bond donors (Lipinski definition) is 0. The number of ether oxygens (including phenoxy) is 2. The van der Waals surface area contributed by atoms with Gasteiger partial charge in [0, 0.05) is 27.5 Å². The molecule has 1 aliphatic rings. The Kier molecular flexibility index (Phi) is 4.67. The predicted molar refractivity (Wildman–Crippen MR) is 135 cm³/mol. The number of furan rings is 1. The lowest BCUT2D eigenvalue weighted by Crippen LogP contribution is -2.41.